The molecule has 3 aromatic rings. The van der Waals surface area contributed by atoms with Gasteiger partial charge in [-0.25, -0.2) is 4.98 Å². The maximum absolute atomic E-state index is 13.1. The van der Waals surface area contributed by atoms with Crippen LogP contribution in [0.25, 0.3) is 0 Å². The standard InChI is InChI=1S/C23H29N7O/c1-18-24-11-21(27-18)22(31)30-13-20-12-28(9-10-29-16-25-26-17-29)14-23(20,15-30)8-7-19-5-3-2-4-6-19/h2-6,11,16-17,20H,7-10,12-15H2,1H3,(H,24,27)/t20-,23+/m0/s1. The van der Waals surface area contributed by atoms with Gasteiger partial charge in [-0.2, -0.15) is 0 Å². The van der Waals surface area contributed by atoms with Gasteiger partial charge in [0.25, 0.3) is 5.91 Å². The number of fused-ring (bicyclic) bond motifs is 1. The number of likely N-dealkylation sites (tertiary alicyclic amines) is 2. The van der Waals surface area contributed by atoms with Crippen molar-refractivity contribution in [2.45, 2.75) is 26.3 Å². The number of imidazole rings is 1. The molecule has 0 aliphatic carbocycles. The number of aryl methyl sites for hydroxylation is 2. The highest BCUT2D eigenvalue weighted by molar-refractivity contribution is 5.92. The minimum absolute atomic E-state index is 0.0742. The average Bonchev–Trinajstić information content (AvgIpc) is 3.55. The molecule has 31 heavy (non-hydrogen) atoms. The maximum Gasteiger partial charge on any atom is 0.271 e. The van der Waals surface area contributed by atoms with E-state index in [1.165, 1.54) is 5.56 Å². The highest BCUT2D eigenvalue weighted by atomic mass is 16.2. The van der Waals surface area contributed by atoms with Gasteiger partial charge >= 0.3 is 0 Å². The third-order valence-electron chi connectivity index (χ3n) is 6.95. The van der Waals surface area contributed by atoms with Crippen molar-refractivity contribution in [3.8, 4) is 0 Å². The van der Waals surface area contributed by atoms with Gasteiger partial charge < -0.3 is 19.4 Å². The van der Waals surface area contributed by atoms with Gasteiger partial charge in [0.15, 0.2) is 0 Å². The van der Waals surface area contributed by atoms with E-state index in [2.05, 4.69) is 55.4 Å². The molecular weight excluding hydrogens is 390 g/mol. The summed E-state index contributed by atoms with van der Waals surface area (Å²) in [4.78, 5) is 25.0. The largest absolute Gasteiger partial charge is 0.338 e. The lowest BCUT2D eigenvalue weighted by atomic mass is 9.76. The number of nitrogens with zero attached hydrogens (tertiary/aromatic N) is 6. The van der Waals surface area contributed by atoms with Crippen LogP contribution in [0.3, 0.4) is 0 Å². The maximum atomic E-state index is 13.1. The zero-order chi connectivity index (χ0) is 21.3. The fraction of sp³-hybridized carbons (Fsp3) is 0.478. The molecule has 0 spiro atoms. The smallest absolute Gasteiger partial charge is 0.271 e. The van der Waals surface area contributed by atoms with Crippen molar-refractivity contribution in [2.75, 3.05) is 32.7 Å². The average molecular weight is 420 g/mol. The number of aromatic nitrogens is 5. The van der Waals surface area contributed by atoms with Crippen molar-refractivity contribution in [2.24, 2.45) is 11.3 Å². The van der Waals surface area contributed by atoms with Gasteiger partial charge in [0, 0.05) is 44.7 Å². The van der Waals surface area contributed by atoms with Gasteiger partial charge in [-0.3, -0.25) is 4.79 Å². The third-order valence-corrected chi connectivity index (χ3v) is 6.95. The Morgan fingerprint density at radius 3 is 2.68 bits per heavy atom. The number of carbonyl (C=O) groups is 1. The van der Waals surface area contributed by atoms with Crippen LogP contribution in [0.2, 0.25) is 0 Å². The molecule has 2 saturated heterocycles. The zero-order valence-corrected chi connectivity index (χ0v) is 17.9. The second kappa shape index (κ2) is 8.26. The molecule has 1 amide bonds. The van der Waals surface area contributed by atoms with Crippen LogP contribution in [-0.2, 0) is 13.0 Å². The first-order valence-electron chi connectivity index (χ1n) is 11.0. The molecule has 4 heterocycles. The monoisotopic (exact) mass is 419 g/mol. The van der Waals surface area contributed by atoms with Gasteiger partial charge in [0.2, 0.25) is 0 Å². The van der Waals surface area contributed by atoms with Crippen molar-refractivity contribution >= 4 is 5.91 Å². The topological polar surface area (TPSA) is 82.9 Å². The molecule has 0 bridgehead atoms. The Kier molecular flexibility index (Phi) is 5.31. The molecule has 1 N–H and O–H groups in total. The summed E-state index contributed by atoms with van der Waals surface area (Å²) in [5.41, 5.74) is 2.10. The van der Waals surface area contributed by atoms with Crippen molar-refractivity contribution < 1.29 is 4.79 Å². The molecule has 2 atom stereocenters. The van der Waals surface area contributed by atoms with E-state index in [0.29, 0.717) is 11.6 Å². The molecule has 2 fully saturated rings. The van der Waals surface area contributed by atoms with Crippen molar-refractivity contribution in [3.63, 3.8) is 0 Å². The lowest BCUT2D eigenvalue weighted by Crippen LogP contribution is -2.38. The number of rotatable bonds is 7. The Hall–Kier alpha value is -3.00. The lowest BCUT2D eigenvalue weighted by molar-refractivity contribution is 0.0750. The first kappa shape index (κ1) is 19.9. The molecule has 8 heteroatoms. The first-order valence-corrected chi connectivity index (χ1v) is 11.0. The molecule has 0 unspecified atom stereocenters. The molecule has 2 aromatic heterocycles. The van der Waals surface area contributed by atoms with Gasteiger partial charge in [0.05, 0.1) is 6.20 Å². The summed E-state index contributed by atoms with van der Waals surface area (Å²) in [6, 6.07) is 10.7. The Labute approximate surface area is 182 Å². The Morgan fingerprint density at radius 2 is 1.94 bits per heavy atom. The second-order valence-corrected chi connectivity index (χ2v) is 9.05. The molecule has 1 aromatic carbocycles. The van der Waals surface area contributed by atoms with Crippen LogP contribution in [0.5, 0.6) is 0 Å². The predicted molar refractivity (Wildman–Crippen MR) is 116 cm³/mol. The summed E-state index contributed by atoms with van der Waals surface area (Å²) in [7, 11) is 0. The number of carbonyl (C=O) groups excluding carboxylic acids is 1. The molecule has 0 radical (unpaired) electrons. The number of aromatic amines is 1. The molecule has 5 rings (SSSR count). The highest BCUT2D eigenvalue weighted by Crippen LogP contribution is 2.46. The number of hydrogen-bond donors (Lipinski definition) is 1. The minimum atomic E-state index is 0.0742. The fourth-order valence-electron chi connectivity index (χ4n) is 5.31. The summed E-state index contributed by atoms with van der Waals surface area (Å²) in [6.07, 6.45) is 7.34. The summed E-state index contributed by atoms with van der Waals surface area (Å²) in [5, 5.41) is 7.81. The quantitative estimate of drug-likeness (QED) is 0.634. The molecule has 162 valence electrons. The van der Waals surface area contributed by atoms with Crippen molar-refractivity contribution in [1.82, 2.24) is 34.5 Å². The zero-order valence-electron chi connectivity index (χ0n) is 17.9. The summed E-state index contributed by atoms with van der Waals surface area (Å²) in [5.74, 6) is 1.34. The van der Waals surface area contributed by atoms with E-state index in [0.717, 1.165) is 57.9 Å². The van der Waals surface area contributed by atoms with Crippen LogP contribution >= 0.6 is 0 Å². The Morgan fingerprint density at radius 1 is 1.13 bits per heavy atom. The van der Waals surface area contributed by atoms with Crippen molar-refractivity contribution in [3.05, 3.63) is 66.3 Å². The summed E-state index contributed by atoms with van der Waals surface area (Å²) >= 11 is 0. The molecule has 2 aliphatic rings. The third kappa shape index (κ3) is 4.12. The van der Waals surface area contributed by atoms with Crippen LogP contribution < -0.4 is 0 Å². The lowest BCUT2D eigenvalue weighted by Gasteiger charge is -2.29. The molecule has 0 saturated carbocycles. The van der Waals surface area contributed by atoms with Crippen LogP contribution in [0.4, 0.5) is 0 Å². The van der Waals surface area contributed by atoms with Gasteiger partial charge in [-0.05, 0) is 31.2 Å². The van der Waals surface area contributed by atoms with Gasteiger partial charge in [-0.1, -0.05) is 30.3 Å². The SMILES string of the molecule is Cc1ncc(C(=O)N2C[C@@H]3CN(CCn4cnnc4)C[C@]3(CCc3ccccc3)C2)[nH]1. The van der Waals surface area contributed by atoms with Gasteiger partial charge in [0.1, 0.15) is 24.2 Å². The normalized spacial score (nSPS) is 23.4. The van der Waals surface area contributed by atoms with E-state index in [4.69, 9.17) is 0 Å². The minimum Gasteiger partial charge on any atom is -0.338 e. The molecule has 2 aliphatic heterocycles. The van der Waals surface area contributed by atoms with Crippen LogP contribution in [0.1, 0.15) is 28.3 Å². The van der Waals surface area contributed by atoms with E-state index >= 15 is 0 Å². The number of nitrogens with one attached hydrogen (secondary N) is 1. The molecule has 8 nitrogen and oxygen atoms in total. The number of hydrogen-bond acceptors (Lipinski definition) is 5. The summed E-state index contributed by atoms with van der Waals surface area (Å²) in [6.45, 7) is 7.44. The van der Waals surface area contributed by atoms with E-state index in [9.17, 15) is 4.79 Å². The van der Waals surface area contributed by atoms with Crippen LogP contribution in [-0.4, -0.2) is 73.2 Å². The Balaban J connectivity index is 1.30. The van der Waals surface area contributed by atoms with Crippen LogP contribution in [0, 0.1) is 18.3 Å². The predicted octanol–water partition coefficient (Wildman–Crippen LogP) is 2.02. The number of amides is 1. The second-order valence-electron chi connectivity index (χ2n) is 9.05. The number of benzene rings is 1. The fourth-order valence-corrected chi connectivity index (χ4v) is 5.31. The van der Waals surface area contributed by atoms with E-state index < -0.39 is 0 Å². The summed E-state index contributed by atoms with van der Waals surface area (Å²) < 4.78 is 2.03. The molecular formula is C23H29N7O. The number of H-pyrrole nitrogens is 1. The first-order chi connectivity index (χ1) is 15.1. The highest BCUT2D eigenvalue weighted by Gasteiger charge is 2.52. The van der Waals surface area contributed by atoms with E-state index in [1.807, 2.05) is 16.4 Å². The van der Waals surface area contributed by atoms with E-state index in [-0.39, 0.29) is 11.3 Å². The van der Waals surface area contributed by atoms with Crippen molar-refractivity contribution in [1.29, 1.82) is 0 Å². The van der Waals surface area contributed by atoms with Gasteiger partial charge in [-0.15, -0.1) is 10.2 Å². The Bertz CT molecular complexity index is 1020. The van der Waals surface area contributed by atoms with E-state index in [1.54, 1.807) is 18.9 Å². The van der Waals surface area contributed by atoms with Crippen LogP contribution in [0.15, 0.2) is 49.2 Å².